The second kappa shape index (κ2) is 4.78. The van der Waals surface area contributed by atoms with Gasteiger partial charge in [-0.25, -0.2) is 4.79 Å². The zero-order valence-corrected chi connectivity index (χ0v) is 5.81. The van der Waals surface area contributed by atoms with Crippen molar-refractivity contribution in [3.05, 3.63) is 0 Å². The van der Waals surface area contributed by atoms with Gasteiger partial charge < -0.3 is 19.7 Å². The predicted molar refractivity (Wildman–Crippen MR) is 31.0 cm³/mol. The molecule has 0 aliphatic carbocycles. The standard InChI is InChI=1S/C5H8O6/c1-3(6)11-4(7)2-10-5(8)9/h5,8-9H,2H2,1H3. The van der Waals surface area contributed by atoms with Crippen molar-refractivity contribution in [2.24, 2.45) is 0 Å². The molecule has 0 radical (unpaired) electrons. The summed E-state index contributed by atoms with van der Waals surface area (Å²) in [5.74, 6) is -1.74. The lowest BCUT2D eigenvalue weighted by Gasteiger charge is -2.02. The molecule has 0 heterocycles. The average Bonchev–Trinajstić information content (AvgIpc) is 1.82. The number of esters is 2. The summed E-state index contributed by atoms with van der Waals surface area (Å²) in [6.07, 6.45) is 0. The summed E-state index contributed by atoms with van der Waals surface area (Å²) in [5.41, 5.74) is 0. The second-order valence-corrected chi connectivity index (χ2v) is 1.60. The summed E-state index contributed by atoms with van der Waals surface area (Å²) < 4.78 is 7.96. The molecule has 0 aromatic carbocycles. The Balaban J connectivity index is 3.46. The van der Waals surface area contributed by atoms with Crippen LogP contribution in [-0.2, 0) is 19.1 Å². The van der Waals surface area contributed by atoms with Crippen LogP contribution < -0.4 is 0 Å². The van der Waals surface area contributed by atoms with Crippen molar-refractivity contribution in [2.45, 2.75) is 13.4 Å². The molecule has 0 amide bonds. The number of carbonyl (C=O) groups excluding carboxylic acids is 2. The van der Waals surface area contributed by atoms with Crippen molar-refractivity contribution in [2.75, 3.05) is 6.61 Å². The van der Waals surface area contributed by atoms with E-state index in [0.717, 1.165) is 6.92 Å². The highest BCUT2D eigenvalue weighted by molar-refractivity contribution is 5.84. The minimum Gasteiger partial charge on any atom is -0.392 e. The lowest BCUT2D eigenvalue weighted by atomic mass is 10.7. The molecule has 0 unspecified atom stereocenters. The Morgan fingerprint density at radius 1 is 1.45 bits per heavy atom. The van der Waals surface area contributed by atoms with Gasteiger partial charge in [0.15, 0.2) is 6.61 Å². The Morgan fingerprint density at radius 2 is 2.00 bits per heavy atom. The quantitative estimate of drug-likeness (QED) is 0.295. The molecule has 0 aliphatic heterocycles. The fourth-order valence-corrected chi connectivity index (χ4v) is 0.332. The van der Waals surface area contributed by atoms with Crippen molar-refractivity contribution in [3.8, 4) is 0 Å². The third kappa shape index (κ3) is 6.91. The van der Waals surface area contributed by atoms with E-state index in [9.17, 15) is 9.59 Å². The highest BCUT2D eigenvalue weighted by Crippen LogP contribution is 1.84. The van der Waals surface area contributed by atoms with Gasteiger partial charge in [0.05, 0.1) is 0 Å². The first-order chi connectivity index (χ1) is 5.02. The van der Waals surface area contributed by atoms with Gasteiger partial charge in [-0.1, -0.05) is 0 Å². The van der Waals surface area contributed by atoms with Crippen LogP contribution >= 0.6 is 0 Å². The third-order valence-corrected chi connectivity index (χ3v) is 0.608. The molecule has 0 saturated carbocycles. The van der Waals surface area contributed by atoms with Gasteiger partial charge in [-0.15, -0.1) is 0 Å². The molecule has 6 heteroatoms. The van der Waals surface area contributed by atoms with Crippen molar-refractivity contribution in [1.82, 2.24) is 0 Å². The van der Waals surface area contributed by atoms with E-state index in [1.54, 1.807) is 0 Å². The van der Waals surface area contributed by atoms with E-state index in [-0.39, 0.29) is 0 Å². The molecule has 0 rings (SSSR count). The van der Waals surface area contributed by atoms with E-state index in [4.69, 9.17) is 10.2 Å². The van der Waals surface area contributed by atoms with Crippen LogP contribution in [-0.4, -0.2) is 35.2 Å². The molecular weight excluding hydrogens is 156 g/mol. The summed E-state index contributed by atoms with van der Waals surface area (Å²) in [5, 5.41) is 16.2. The number of hydrogen-bond donors (Lipinski definition) is 2. The number of rotatable bonds is 3. The normalized spacial score (nSPS) is 9.82. The van der Waals surface area contributed by atoms with Crippen LogP contribution in [0.15, 0.2) is 0 Å². The van der Waals surface area contributed by atoms with Crippen molar-refractivity contribution >= 4 is 11.9 Å². The van der Waals surface area contributed by atoms with Crippen molar-refractivity contribution in [1.29, 1.82) is 0 Å². The number of ether oxygens (including phenoxy) is 2. The summed E-state index contributed by atoms with van der Waals surface area (Å²) in [6.45, 7) is -1.65. The maximum atomic E-state index is 10.4. The SMILES string of the molecule is CC(=O)OC(=O)COC(O)O. The minimum atomic E-state index is -2.03. The van der Waals surface area contributed by atoms with E-state index >= 15 is 0 Å². The Morgan fingerprint density at radius 3 is 2.36 bits per heavy atom. The Labute approximate surface area is 62.3 Å². The van der Waals surface area contributed by atoms with Gasteiger partial charge in [0.1, 0.15) is 0 Å². The molecule has 6 nitrogen and oxygen atoms in total. The number of aliphatic hydroxyl groups excluding tert-OH is 1. The van der Waals surface area contributed by atoms with Crippen molar-refractivity contribution in [3.63, 3.8) is 0 Å². The fraction of sp³-hybridized carbons (Fsp3) is 0.600. The smallest absolute Gasteiger partial charge is 0.339 e. The third-order valence-electron chi connectivity index (χ3n) is 0.608. The van der Waals surface area contributed by atoms with E-state index in [0.29, 0.717) is 0 Å². The Hall–Kier alpha value is -0.980. The van der Waals surface area contributed by atoms with E-state index in [1.165, 1.54) is 0 Å². The zero-order valence-electron chi connectivity index (χ0n) is 5.81. The van der Waals surface area contributed by atoms with Crippen LogP contribution in [0.4, 0.5) is 0 Å². The van der Waals surface area contributed by atoms with Crippen LogP contribution in [0.3, 0.4) is 0 Å². The Kier molecular flexibility index (Phi) is 4.35. The first-order valence-corrected chi connectivity index (χ1v) is 2.71. The molecule has 0 aromatic heterocycles. The average molecular weight is 164 g/mol. The molecule has 0 atom stereocenters. The van der Waals surface area contributed by atoms with E-state index in [2.05, 4.69) is 9.47 Å². The van der Waals surface area contributed by atoms with E-state index in [1.807, 2.05) is 0 Å². The number of aliphatic hydroxyl groups is 2. The zero-order chi connectivity index (χ0) is 8.85. The van der Waals surface area contributed by atoms with Crippen LogP contribution in [0.25, 0.3) is 0 Å². The van der Waals surface area contributed by atoms with Gasteiger partial charge in [0.25, 0.3) is 6.48 Å². The molecule has 64 valence electrons. The number of carbonyl (C=O) groups is 2. The van der Waals surface area contributed by atoms with Gasteiger partial charge in [-0.3, -0.25) is 4.79 Å². The molecular formula is C5H8O6. The maximum Gasteiger partial charge on any atom is 0.339 e. The molecule has 2 N–H and O–H groups in total. The van der Waals surface area contributed by atoms with Crippen LogP contribution in [0.1, 0.15) is 6.92 Å². The first-order valence-electron chi connectivity index (χ1n) is 2.71. The molecule has 0 spiro atoms. The summed E-state index contributed by atoms with van der Waals surface area (Å²) in [7, 11) is 0. The van der Waals surface area contributed by atoms with Crippen LogP contribution in [0.2, 0.25) is 0 Å². The lowest BCUT2D eigenvalue weighted by Crippen LogP contribution is -2.20. The van der Waals surface area contributed by atoms with Crippen molar-refractivity contribution < 1.29 is 29.3 Å². The van der Waals surface area contributed by atoms with Gasteiger partial charge in [-0.05, 0) is 0 Å². The van der Waals surface area contributed by atoms with Gasteiger partial charge in [-0.2, -0.15) is 0 Å². The fourth-order valence-electron chi connectivity index (χ4n) is 0.332. The van der Waals surface area contributed by atoms with Gasteiger partial charge in [0.2, 0.25) is 0 Å². The minimum absolute atomic E-state index is 0.669. The molecule has 0 aliphatic rings. The molecule has 0 saturated heterocycles. The Bertz CT molecular complexity index is 151. The summed E-state index contributed by atoms with van der Waals surface area (Å²) >= 11 is 0. The number of hydrogen-bond acceptors (Lipinski definition) is 6. The van der Waals surface area contributed by atoms with Crippen LogP contribution in [0, 0.1) is 0 Å². The molecule has 0 bridgehead atoms. The van der Waals surface area contributed by atoms with Crippen LogP contribution in [0.5, 0.6) is 0 Å². The van der Waals surface area contributed by atoms with E-state index < -0.39 is 25.0 Å². The lowest BCUT2D eigenvalue weighted by molar-refractivity contribution is -0.236. The summed E-state index contributed by atoms with van der Waals surface area (Å²) in [4.78, 5) is 20.4. The molecule has 11 heavy (non-hydrogen) atoms. The highest BCUT2D eigenvalue weighted by Gasteiger charge is 2.07. The topological polar surface area (TPSA) is 93.1 Å². The molecule has 0 fully saturated rings. The van der Waals surface area contributed by atoms with Gasteiger partial charge >= 0.3 is 11.9 Å². The van der Waals surface area contributed by atoms with Gasteiger partial charge in [0, 0.05) is 6.92 Å². The molecule has 0 aromatic rings. The first kappa shape index (κ1) is 10.0. The highest BCUT2D eigenvalue weighted by atomic mass is 16.7. The second-order valence-electron chi connectivity index (χ2n) is 1.60. The summed E-state index contributed by atoms with van der Waals surface area (Å²) in [6, 6.07) is 0. The largest absolute Gasteiger partial charge is 0.392 e. The predicted octanol–water partition coefficient (Wildman–Crippen LogP) is -1.64. The monoisotopic (exact) mass is 164 g/mol. The maximum absolute atomic E-state index is 10.4.